The molecular weight excluding hydrogens is 354 g/mol. The van der Waals surface area contributed by atoms with Gasteiger partial charge in [-0.2, -0.15) is 0 Å². The first-order valence-electron chi connectivity index (χ1n) is 8.23. The fraction of sp³-hybridized carbons (Fsp3) is 0.211. The normalized spacial score (nSPS) is 14.2. The zero-order valence-electron chi connectivity index (χ0n) is 13.9. The number of benzene rings is 1. The van der Waals surface area contributed by atoms with Gasteiger partial charge in [0.05, 0.1) is 12.2 Å². The molecule has 132 valence electrons. The molecule has 0 radical (unpaired) electrons. The van der Waals surface area contributed by atoms with Gasteiger partial charge in [0.25, 0.3) is 0 Å². The lowest BCUT2D eigenvalue weighted by Crippen LogP contribution is -2.30. The summed E-state index contributed by atoms with van der Waals surface area (Å²) in [5.41, 5.74) is 3.07. The first-order chi connectivity index (χ1) is 12.6. The van der Waals surface area contributed by atoms with E-state index in [0.717, 1.165) is 29.8 Å². The zero-order valence-corrected chi connectivity index (χ0v) is 14.6. The van der Waals surface area contributed by atoms with Crippen molar-refractivity contribution in [1.29, 1.82) is 0 Å². The smallest absolute Gasteiger partial charge is 0.371 e. The highest BCUT2D eigenvalue weighted by atomic mass is 35.5. The van der Waals surface area contributed by atoms with Gasteiger partial charge in [-0.1, -0.05) is 11.6 Å². The Labute approximate surface area is 155 Å². The third-order valence-electron chi connectivity index (χ3n) is 4.37. The number of halogens is 1. The fourth-order valence-corrected chi connectivity index (χ4v) is 3.17. The lowest BCUT2D eigenvalue weighted by Gasteiger charge is -2.27. The molecule has 0 fully saturated rings. The van der Waals surface area contributed by atoms with Crippen LogP contribution in [0.1, 0.15) is 27.6 Å². The summed E-state index contributed by atoms with van der Waals surface area (Å²) in [5, 5.41) is 9.62. The van der Waals surface area contributed by atoms with Crippen LogP contribution in [0.4, 0.5) is 0 Å². The number of rotatable bonds is 4. The number of hydrogen-bond acceptors (Lipinski definition) is 5. The molecule has 4 rings (SSSR count). The van der Waals surface area contributed by atoms with Crippen LogP contribution in [0.3, 0.4) is 0 Å². The van der Waals surface area contributed by atoms with Crippen molar-refractivity contribution in [1.82, 2.24) is 14.9 Å². The highest BCUT2D eigenvalue weighted by Crippen LogP contribution is 2.23. The van der Waals surface area contributed by atoms with Crippen LogP contribution in [-0.2, 0) is 19.5 Å². The minimum Gasteiger partial charge on any atom is -0.475 e. The molecule has 1 N–H and O–H groups in total. The molecule has 0 amide bonds. The molecular formula is C19H16ClN3O3. The Morgan fingerprint density at radius 1 is 1.23 bits per heavy atom. The molecule has 0 saturated heterocycles. The van der Waals surface area contributed by atoms with Crippen molar-refractivity contribution in [3.8, 4) is 11.4 Å². The second-order valence-electron chi connectivity index (χ2n) is 6.20. The molecule has 26 heavy (non-hydrogen) atoms. The van der Waals surface area contributed by atoms with Crippen LogP contribution in [0.15, 0.2) is 47.0 Å². The summed E-state index contributed by atoms with van der Waals surface area (Å²) in [4.78, 5) is 22.3. The first-order valence-corrected chi connectivity index (χ1v) is 8.61. The molecule has 2 aromatic heterocycles. The minimum absolute atomic E-state index is 0.0339. The van der Waals surface area contributed by atoms with E-state index in [2.05, 4.69) is 9.88 Å². The average molecular weight is 370 g/mol. The number of fused-ring (bicyclic) bond motifs is 1. The van der Waals surface area contributed by atoms with Gasteiger partial charge in [0.2, 0.25) is 5.76 Å². The van der Waals surface area contributed by atoms with E-state index in [9.17, 15) is 4.79 Å². The van der Waals surface area contributed by atoms with Crippen LogP contribution in [0.5, 0.6) is 0 Å². The van der Waals surface area contributed by atoms with Crippen LogP contribution in [0.2, 0.25) is 5.02 Å². The van der Waals surface area contributed by atoms with Crippen molar-refractivity contribution in [2.75, 3.05) is 6.54 Å². The summed E-state index contributed by atoms with van der Waals surface area (Å²) in [6.45, 7) is 2.10. The number of furan rings is 1. The standard InChI is InChI=1S/C19H16ClN3O3/c20-14-3-1-12(2-4-14)18-21-9-13-10-23(8-7-16(13)22-18)11-15-5-6-17(26-15)19(24)25/h1-6,9H,7-8,10-11H2,(H,24,25). The highest BCUT2D eigenvalue weighted by molar-refractivity contribution is 6.30. The van der Waals surface area contributed by atoms with Gasteiger partial charge >= 0.3 is 5.97 Å². The SMILES string of the molecule is O=C(O)c1ccc(CN2CCc3nc(-c4ccc(Cl)cc4)ncc3C2)o1. The van der Waals surface area contributed by atoms with E-state index in [1.54, 1.807) is 6.07 Å². The Hall–Kier alpha value is -2.70. The summed E-state index contributed by atoms with van der Waals surface area (Å²) >= 11 is 5.93. The average Bonchev–Trinajstić information content (AvgIpc) is 3.11. The number of carboxylic acid groups (broad SMARTS) is 1. The predicted octanol–water partition coefficient (Wildman–Crippen LogP) is 3.65. The quantitative estimate of drug-likeness (QED) is 0.756. The molecule has 3 aromatic rings. The Kier molecular flexibility index (Phi) is 4.44. The van der Waals surface area contributed by atoms with Crippen LogP contribution in [0, 0.1) is 0 Å². The van der Waals surface area contributed by atoms with Crippen molar-refractivity contribution >= 4 is 17.6 Å². The van der Waals surface area contributed by atoms with Gasteiger partial charge in [-0.05, 0) is 36.4 Å². The number of aromatic nitrogens is 2. The Morgan fingerprint density at radius 2 is 2.04 bits per heavy atom. The molecule has 0 spiro atoms. The second kappa shape index (κ2) is 6.90. The molecule has 7 heteroatoms. The van der Waals surface area contributed by atoms with Crippen molar-refractivity contribution in [3.05, 3.63) is 70.4 Å². The molecule has 0 aliphatic carbocycles. The summed E-state index contributed by atoms with van der Waals surface area (Å²) in [7, 11) is 0. The lowest BCUT2D eigenvalue weighted by atomic mass is 10.1. The molecule has 0 bridgehead atoms. The third-order valence-corrected chi connectivity index (χ3v) is 4.62. The number of carbonyl (C=O) groups is 1. The van der Waals surface area contributed by atoms with E-state index < -0.39 is 5.97 Å². The van der Waals surface area contributed by atoms with E-state index in [0.29, 0.717) is 29.7 Å². The summed E-state index contributed by atoms with van der Waals surface area (Å²) in [6.07, 6.45) is 2.67. The molecule has 1 aliphatic heterocycles. The van der Waals surface area contributed by atoms with Gasteiger partial charge < -0.3 is 9.52 Å². The Bertz CT molecular complexity index is 953. The molecule has 0 unspecified atom stereocenters. The molecule has 3 heterocycles. The van der Waals surface area contributed by atoms with E-state index in [1.807, 2.05) is 30.5 Å². The van der Waals surface area contributed by atoms with Crippen LogP contribution in [0.25, 0.3) is 11.4 Å². The van der Waals surface area contributed by atoms with Crippen LogP contribution in [-0.4, -0.2) is 32.5 Å². The molecule has 1 aromatic carbocycles. The van der Waals surface area contributed by atoms with Gasteiger partial charge in [0, 0.05) is 41.9 Å². The number of nitrogens with zero attached hydrogens (tertiary/aromatic N) is 3. The number of aromatic carboxylic acids is 1. The monoisotopic (exact) mass is 369 g/mol. The van der Waals surface area contributed by atoms with Crippen molar-refractivity contribution in [2.45, 2.75) is 19.5 Å². The minimum atomic E-state index is -1.05. The van der Waals surface area contributed by atoms with Gasteiger partial charge in [-0.3, -0.25) is 4.90 Å². The maximum Gasteiger partial charge on any atom is 0.371 e. The predicted molar refractivity (Wildman–Crippen MR) is 96.0 cm³/mol. The largest absolute Gasteiger partial charge is 0.475 e. The second-order valence-corrected chi connectivity index (χ2v) is 6.64. The molecule has 0 atom stereocenters. The highest BCUT2D eigenvalue weighted by Gasteiger charge is 2.20. The fourth-order valence-electron chi connectivity index (χ4n) is 3.05. The molecule has 0 saturated carbocycles. The van der Waals surface area contributed by atoms with E-state index in [-0.39, 0.29) is 5.76 Å². The maximum absolute atomic E-state index is 10.9. The maximum atomic E-state index is 10.9. The Morgan fingerprint density at radius 3 is 2.77 bits per heavy atom. The first kappa shape index (κ1) is 16.8. The number of hydrogen-bond donors (Lipinski definition) is 1. The lowest BCUT2D eigenvalue weighted by molar-refractivity contribution is 0.0658. The molecule has 1 aliphatic rings. The van der Waals surface area contributed by atoms with Crippen molar-refractivity contribution in [2.24, 2.45) is 0 Å². The third kappa shape index (κ3) is 3.47. The zero-order chi connectivity index (χ0) is 18.1. The van der Waals surface area contributed by atoms with Crippen LogP contribution >= 0.6 is 11.6 Å². The summed E-state index contributed by atoms with van der Waals surface area (Å²) in [5.74, 6) is 0.257. The van der Waals surface area contributed by atoms with E-state index in [1.165, 1.54) is 6.07 Å². The molecule has 6 nitrogen and oxygen atoms in total. The van der Waals surface area contributed by atoms with Gasteiger partial charge in [0.15, 0.2) is 5.82 Å². The summed E-state index contributed by atoms with van der Waals surface area (Å²) in [6, 6.07) is 10.7. The van der Waals surface area contributed by atoms with E-state index >= 15 is 0 Å². The number of carboxylic acids is 1. The van der Waals surface area contributed by atoms with E-state index in [4.69, 9.17) is 26.1 Å². The van der Waals surface area contributed by atoms with Crippen LogP contribution < -0.4 is 0 Å². The van der Waals surface area contributed by atoms with Gasteiger partial charge in [-0.25, -0.2) is 14.8 Å². The van der Waals surface area contributed by atoms with Gasteiger partial charge in [0.1, 0.15) is 5.76 Å². The topological polar surface area (TPSA) is 79.5 Å². The van der Waals surface area contributed by atoms with Crippen molar-refractivity contribution < 1.29 is 14.3 Å². The van der Waals surface area contributed by atoms with Crippen molar-refractivity contribution in [3.63, 3.8) is 0 Å². The Balaban J connectivity index is 1.48. The van der Waals surface area contributed by atoms with Gasteiger partial charge in [-0.15, -0.1) is 0 Å². The summed E-state index contributed by atoms with van der Waals surface area (Å²) < 4.78 is 5.34.